The standard InChI is InChI=1S/C21H25ClN2O4/c1-13(2)9-17(14-7-5-4-6-8-14)24-21(26)15-10-16(22)20(18(11-15)27-3)28-12-19(23)25/h4-8,10-11,13,17H,9,12H2,1-3H3,(H2,23,25)(H,24,26)/t17-/m0/s1. The minimum Gasteiger partial charge on any atom is -0.493 e. The maximum atomic E-state index is 12.9. The average Bonchev–Trinajstić information content (AvgIpc) is 2.66. The van der Waals surface area contributed by atoms with Crippen LogP contribution in [0.4, 0.5) is 0 Å². The Bertz CT molecular complexity index is 825. The number of rotatable bonds is 9. The quantitative estimate of drug-likeness (QED) is 0.666. The minimum absolute atomic E-state index is 0.135. The third kappa shape index (κ3) is 5.89. The Morgan fingerprint density at radius 2 is 1.86 bits per heavy atom. The summed E-state index contributed by atoms with van der Waals surface area (Å²) in [7, 11) is 1.43. The van der Waals surface area contributed by atoms with E-state index in [0.29, 0.717) is 11.5 Å². The zero-order chi connectivity index (χ0) is 20.7. The molecule has 0 heterocycles. The lowest BCUT2D eigenvalue weighted by Crippen LogP contribution is -2.29. The van der Waals surface area contributed by atoms with Gasteiger partial charge in [-0.15, -0.1) is 0 Å². The molecule has 0 saturated carbocycles. The lowest BCUT2D eigenvalue weighted by atomic mass is 9.96. The summed E-state index contributed by atoms with van der Waals surface area (Å²) in [5.41, 5.74) is 6.46. The van der Waals surface area contributed by atoms with Gasteiger partial charge in [0.1, 0.15) is 0 Å². The van der Waals surface area contributed by atoms with E-state index in [1.54, 1.807) is 0 Å². The fourth-order valence-corrected chi connectivity index (χ4v) is 3.08. The summed E-state index contributed by atoms with van der Waals surface area (Å²) in [6.45, 7) is 3.87. The van der Waals surface area contributed by atoms with Crippen LogP contribution in [0.1, 0.15) is 42.2 Å². The SMILES string of the molecule is COc1cc(C(=O)N[C@@H](CC(C)C)c2ccccc2)cc(Cl)c1OCC(N)=O. The van der Waals surface area contributed by atoms with E-state index in [-0.39, 0.29) is 35.1 Å². The number of amides is 2. The van der Waals surface area contributed by atoms with E-state index in [1.807, 2.05) is 30.3 Å². The van der Waals surface area contributed by atoms with Gasteiger partial charge in [-0.3, -0.25) is 9.59 Å². The van der Waals surface area contributed by atoms with E-state index in [4.69, 9.17) is 26.8 Å². The minimum atomic E-state index is -0.640. The first-order valence-electron chi connectivity index (χ1n) is 8.96. The van der Waals surface area contributed by atoms with Gasteiger partial charge in [-0.1, -0.05) is 55.8 Å². The number of primary amides is 1. The van der Waals surface area contributed by atoms with Crippen LogP contribution in [0, 0.1) is 5.92 Å². The van der Waals surface area contributed by atoms with Crippen molar-refractivity contribution in [1.82, 2.24) is 5.32 Å². The van der Waals surface area contributed by atoms with Gasteiger partial charge in [-0.2, -0.15) is 0 Å². The second kappa shape index (κ2) is 9.99. The van der Waals surface area contributed by atoms with Gasteiger partial charge >= 0.3 is 0 Å². The second-order valence-electron chi connectivity index (χ2n) is 6.81. The predicted octanol–water partition coefficient (Wildman–Crippen LogP) is 3.73. The number of hydrogen-bond acceptors (Lipinski definition) is 4. The topological polar surface area (TPSA) is 90.7 Å². The number of carbonyl (C=O) groups is 2. The molecule has 0 radical (unpaired) electrons. The monoisotopic (exact) mass is 404 g/mol. The fourth-order valence-electron chi connectivity index (χ4n) is 2.81. The van der Waals surface area contributed by atoms with Gasteiger partial charge in [0.2, 0.25) is 0 Å². The molecule has 1 atom stereocenters. The molecule has 150 valence electrons. The van der Waals surface area contributed by atoms with Crippen molar-refractivity contribution in [2.45, 2.75) is 26.3 Å². The van der Waals surface area contributed by atoms with Crippen LogP contribution < -0.4 is 20.5 Å². The molecule has 6 nitrogen and oxygen atoms in total. The van der Waals surface area contributed by atoms with Crippen LogP contribution in [0.5, 0.6) is 11.5 Å². The first kappa shape index (κ1) is 21.6. The van der Waals surface area contributed by atoms with Crippen molar-refractivity contribution in [1.29, 1.82) is 0 Å². The van der Waals surface area contributed by atoms with Gasteiger partial charge in [0.05, 0.1) is 18.2 Å². The van der Waals surface area contributed by atoms with Gasteiger partial charge in [-0.05, 0) is 30.0 Å². The Hall–Kier alpha value is -2.73. The number of hydrogen-bond donors (Lipinski definition) is 2. The summed E-state index contributed by atoms with van der Waals surface area (Å²) < 4.78 is 10.6. The van der Waals surface area contributed by atoms with Gasteiger partial charge < -0.3 is 20.5 Å². The van der Waals surface area contributed by atoms with Gasteiger partial charge in [0.15, 0.2) is 18.1 Å². The molecule has 2 rings (SSSR count). The normalized spacial score (nSPS) is 11.8. The van der Waals surface area contributed by atoms with Crippen LogP contribution in [0.25, 0.3) is 0 Å². The lowest BCUT2D eigenvalue weighted by Gasteiger charge is -2.22. The number of nitrogens with one attached hydrogen (secondary N) is 1. The molecule has 2 aromatic rings. The van der Waals surface area contributed by atoms with Crippen LogP contribution in [-0.4, -0.2) is 25.5 Å². The maximum Gasteiger partial charge on any atom is 0.255 e. The molecule has 0 bridgehead atoms. The third-order valence-corrected chi connectivity index (χ3v) is 4.35. The van der Waals surface area contributed by atoms with E-state index >= 15 is 0 Å². The zero-order valence-electron chi connectivity index (χ0n) is 16.2. The van der Waals surface area contributed by atoms with E-state index in [1.165, 1.54) is 19.2 Å². The number of methoxy groups -OCH3 is 1. The van der Waals surface area contributed by atoms with E-state index in [0.717, 1.165) is 12.0 Å². The highest BCUT2D eigenvalue weighted by Crippen LogP contribution is 2.36. The Morgan fingerprint density at radius 3 is 2.43 bits per heavy atom. The first-order valence-corrected chi connectivity index (χ1v) is 9.34. The van der Waals surface area contributed by atoms with Gasteiger partial charge in [-0.25, -0.2) is 0 Å². The average molecular weight is 405 g/mol. The van der Waals surface area contributed by atoms with E-state index in [9.17, 15) is 9.59 Å². The molecule has 28 heavy (non-hydrogen) atoms. The molecule has 2 aromatic carbocycles. The van der Waals surface area contributed by atoms with Crippen molar-refractivity contribution in [3.63, 3.8) is 0 Å². The van der Waals surface area contributed by atoms with Crippen LogP contribution in [0.3, 0.4) is 0 Å². The molecule has 0 aliphatic carbocycles. The summed E-state index contributed by atoms with van der Waals surface area (Å²) in [4.78, 5) is 23.8. The van der Waals surface area contributed by atoms with Crippen molar-refractivity contribution in [2.75, 3.05) is 13.7 Å². The van der Waals surface area contributed by atoms with Crippen molar-refractivity contribution in [3.8, 4) is 11.5 Å². The highest BCUT2D eigenvalue weighted by atomic mass is 35.5. The molecule has 0 fully saturated rings. The Morgan fingerprint density at radius 1 is 1.18 bits per heavy atom. The molecule has 0 aliphatic heterocycles. The van der Waals surface area contributed by atoms with Gasteiger partial charge in [0, 0.05) is 5.56 Å². The number of benzene rings is 2. The summed E-state index contributed by atoms with van der Waals surface area (Å²) in [5, 5.41) is 3.22. The van der Waals surface area contributed by atoms with Crippen LogP contribution in [0.15, 0.2) is 42.5 Å². The van der Waals surface area contributed by atoms with E-state index < -0.39 is 5.91 Å². The number of halogens is 1. The highest BCUT2D eigenvalue weighted by Gasteiger charge is 2.20. The molecular formula is C21H25ClN2O4. The lowest BCUT2D eigenvalue weighted by molar-refractivity contribution is -0.119. The highest BCUT2D eigenvalue weighted by molar-refractivity contribution is 6.32. The van der Waals surface area contributed by atoms with Gasteiger partial charge in [0.25, 0.3) is 11.8 Å². The smallest absolute Gasteiger partial charge is 0.255 e. The largest absolute Gasteiger partial charge is 0.493 e. The Labute approximate surface area is 170 Å². The van der Waals surface area contributed by atoms with Crippen molar-refractivity contribution in [2.24, 2.45) is 11.7 Å². The first-order chi connectivity index (χ1) is 13.3. The molecule has 0 spiro atoms. The number of carbonyl (C=O) groups excluding carboxylic acids is 2. The Balaban J connectivity index is 2.26. The van der Waals surface area contributed by atoms with Crippen molar-refractivity contribution >= 4 is 23.4 Å². The zero-order valence-corrected chi connectivity index (χ0v) is 17.0. The van der Waals surface area contributed by atoms with Crippen LogP contribution >= 0.6 is 11.6 Å². The molecule has 0 unspecified atom stereocenters. The second-order valence-corrected chi connectivity index (χ2v) is 7.22. The summed E-state index contributed by atoms with van der Waals surface area (Å²) in [6, 6.07) is 12.7. The molecule has 3 N–H and O–H groups in total. The van der Waals surface area contributed by atoms with Crippen LogP contribution in [0.2, 0.25) is 5.02 Å². The van der Waals surface area contributed by atoms with E-state index in [2.05, 4.69) is 19.2 Å². The van der Waals surface area contributed by atoms with Crippen molar-refractivity contribution in [3.05, 3.63) is 58.6 Å². The van der Waals surface area contributed by atoms with Crippen LogP contribution in [-0.2, 0) is 4.79 Å². The Kier molecular flexibility index (Phi) is 7.70. The molecule has 0 aromatic heterocycles. The molecule has 7 heteroatoms. The summed E-state index contributed by atoms with van der Waals surface area (Å²) in [5.74, 6) is -0.107. The predicted molar refractivity (Wildman–Crippen MR) is 109 cm³/mol. The molecular weight excluding hydrogens is 380 g/mol. The van der Waals surface area contributed by atoms with Crippen molar-refractivity contribution < 1.29 is 19.1 Å². The third-order valence-electron chi connectivity index (χ3n) is 4.06. The fraction of sp³-hybridized carbons (Fsp3) is 0.333. The molecule has 0 aliphatic rings. The summed E-state index contributed by atoms with van der Waals surface area (Å²) >= 11 is 6.24. The number of nitrogens with two attached hydrogens (primary N) is 1. The maximum absolute atomic E-state index is 12.9. The molecule has 2 amide bonds. The molecule has 0 saturated heterocycles. The summed E-state index contributed by atoms with van der Waals surface area (Å²) in [6.07, 6.45) is 0.792. The number of ether oxygens (including phenoxy) is 2.